The molecular formula is C22H24F3N3O4S. The van der Waals surface area contributed by atoms with Crippen LogP contribution in [0.2, 0.25) is 0 Å². The SMILES string of the molecule is Cc1ccsc1C(=O)N1CCC2(CC2C(=O)N(C)Cc2ccccn2)C1.O=C(O)C(F)(F)F. The highest BCUT2D eigenvalue weighted by molar-refractivity contribution is 7.12. The first-order valence-corrected chi connectivity index (χ1v) is 11.1. The zero-order valence-electron chi connectivity index (χ0n) is 18.1. The Kier molecular flexibility index (Phi) is 7.11. The Morgan fingerprint density at radius 2 is 2.00 bits per heavy atom. The van der Waals surface area contributed by atoms with Gasteiger partial charge in [-0.3, -0.25) is 14.6 Å². The molecule has 1 N–H and O–H groups in total. The fourth-order valence-electron chi connectivity index (χ4n) is 4.03. The zero-order chi connectivity index (χ0) is 24.4. The van der Waals surface area contributed by atoms with Crippen LogP contribution in [0.15, 0.2) is 35.8 Å². The number of likely N-dealkylation sites (tertiary alicyclic amines) is 1. The normalized spacial score (nSPS) is 21.4. The average Bonchev–Trinajstić information content (AvgIpc) is 3.05. The Balaban J connectivity index is 0.000000383. The minimum absolute atomic E-state index is 0.00369. The second-order valence-electron chi connectivity index (χ2n) is 8.35. The standard InChI is InChI=1S/C20H23N3O2S.C2HF3O2/c1-14-6-10-26-17(14)19(25)23-9-7-20(13-23)11-16(20)18(24)22(2)12-15-5-3-4-8-21-15;3-2(4,5)1(6)7/h3-6,8,10,16H,7,9,11-13H2,1-2H3;(H,6,7). The lowest BCUT2D eigenvalue weighted by Crippen LogP contribution is -2.32. The van der Waals surface area contributed by atoms with Gasteiger partial charge in [-0.2, -0.15) is 13.2 Å². The first-order chi connectivity index (χ1) is 15.4. The zero-order valence-corrected chi connectivity index (χ0v) is 18.9. The van der Waals surface area contributed by atoms with Crippen molar-refractivity contribution < 1.29 is 32.7 Å². The van der Waals surface area contributed by atoms with Gasteiger partial charge in [0.1, 0.15) is 0 Å². The number of alkyl halides is 3. The molecule has 0 aromatic carbocycles. The molecule has 1 aliphatic heterocycles. The molecule has 2 aromatic heterocycles. The maximum absolute atomic E-state index is 12.8. The van der Waals surface area contributed by atoms with E-state index in [1.54, 1.807) is 11.1 Å². The third kappa shape index (κ3) is 5.70. The summed E-state index contributed by atoms with van der Waals surface area (Å²) in [6.45, 7) is 3.97. The van der Waals surface area contributed by atoms with E-state index in [2.05, 4.69) is 4.98 Å². The summed E-state index contributed by atoms with van der Waals surface area (Å²) >= 11 is 1.50. The van der Waals surface area contributed by atoms with Gasteiger partial charge in [0.05, 0.1) is 17.1 Å². The summed E-state index contributed by atoms with van der Waals surface area (Å²) in [4.78, 5) is 43.3. The van der Waals surface area contributed by atoms with Crippen LogP contribution in [0.5, 0.6) is 0 Å². The molecule has 2 unspecified atom stereocenters. The highest BCUT2D eigenvalue weighted by Gasteiger charge is 2.62. The Morgan fingerprint density at radius 3 is 2.55 bits per heavy atom. The molecule has 2 aliphatic rings. The number of pyridine rings is 1. The molecule has 1 spiro atoms. The van der Waals surface area contributed by atoms with Crippen molar-refractivity contribution in [2.45, 2.75) is 32.5 Å². The van der Waals surface area contributed by atoms with E-state index in [1.165, 1.54) is 11.3 Å². The number of carbonyl (C=O) groups excluding carboxylic acids is 2. The molecule has 11 heteroatoms. The Morgan fingerprint density at radius 1 is 1.30 bits per heavy atom. The molecule has 3 heterocycles. The van der Waals surface area contributed by atoms with E-state index in [-0.39, 0.29) is 23.1 Å². The van der Waals surface area contributed by atoms with E-state index in [0.29, 0.717) is 13.1 Å². The molecule has 33 heavy (non-hydrogen) atoms. The first-order valence-electron chi connectivity index (χ1n) is 10.2. The van der Waals surface area contributed by atoms with Crippen molar-refractivity contribution in [2.75, 3.05) is 20.1 Å². The van der Waals surface area contributed by atoms with Crippen molar-refractivity contribution in [3.63, 3.8) is 0 Å². The first kappa shape index (κ1) is 24.7. The molecule has 178 valence electrons. The maximum Gasteiger partial charge on any atom is 0.490 e. The molecule has 2 atom stereocenters. The Bertz CT molecular complexity index is 1030. The van der Waals surface area contributed by atoms with Crippen LogP contribution >= 0.6 is 11.3 Å². The summed E-state index contributed by atoms with van der Waals surface area (Å²) in [5.74, 6) is -2.42. The lowest BCUT2D eigenvalue weighted by atomic mass is 10.0. The molecular weight excluding hydrogens is 459 g/mol. The summed E-state index contributed by atoms with van der Waals surface area (Å²) in [6.07, 6.45) is -1.51. The van der Waals surface area contributed by atoms with Crippen molar-refractivity contribution in [3.05, 3.63) is 52.0 Å². The van der Waals surface area contributed by atoms with Gasteiger partial charge in [0.15, 0.2) is 0 Å². The smallest absolute Gasteiger partial charge is 0.475 e. The number of aliphatic carboxylic acids is 1. The van der Waals surface area contributed by atoms with Gasteiger partial charge in [-0.1, -0.05) is 6.07 Å². The van der Waals surface area contributed by atoms with E-state index in [0.717, 1.165) is 35.5 Å². The lowest BCUT2D eigenvalue weighted by Gasteiger charge is -2.19. The van der Waals surface area contributed by atoms with E-state index in [1.807, 2.05) is 48.5 Å². The molecule has 2 aromatic rings. The molecule has 4 rings (SSSR count). The highest BCUT2D eigenvalue weighted by Crippen LogP contribution is 2.59. The summed E-state index contributed by atoms with van der Waals surface area (Å²) in [5, 5.41) is 9.09. The van der Waals surface area contributed by atoms with Gasteiger partial charge in [-0.15, -0.1) is 11.3 Å². The number of thiophene rings is 1. The molecule has 1 saturated heterocycles. The van der Waals surface area contributed by atoms with Crippen molar-refractivity contribution in [2.24, 2.45) is 11.3 Å². The van der Waals surface area contributed by atoms with Crippen molar-refractivity contribution >= 4 is 29.1 Å². The van der Waals surface area contributed by atoms with Crippen LogP contribution in [-0.2, 0) is 16.1 Å². The Hall–Kier alpha value is -2.95. The lowest BCUT2D eigenvalue weighted by molar-refractivity contribution is -0.192. The third-order valence-corrected chi connectivity index (χ3v) is 6.97. The third-order valence-electron chi connectivity index (χ3n) is 5.96. The molecule has 2 amide bonds. The van der Waals surface area contributed by atoms with Gasteiger partial charge in [0.2, 0.25) is 5.91 Å². The average molecular weight is 484 g/mol. The van der Waals surface area contributed by atoms with Crippen LogP contribution < -0.4 is 0 Å². The molecule has 1 aliphatic carbocycles. The number of hydrogen-bond acceptors (Lipinski definition) is 5. The van der Waals surface area contributed by atoms with Gasteiger partial charge in [-0.05, 0) is 48.9 Å². The number of halogens is 3. The monoisotopic (exact) mass is 483 g/mol. The number of carboxylic acids is 1. The minimum atomic E-state index is -5.08. The van der Waals surface area contributed by atoms with E-state index in [9.17, 15) is 22.8 Å². The van der Waals surface area contributed by atoms with E-state index in [4.69, 9.17) is 9.90 Å². The molecule has 1 saturated carbocycles. The number of nitrogens with zero attached hydrogens (tertiary/aromatic N) is 3. The van der Waals surface area contributed by atoms with Gasteiger partial charge in [0.25, 0.3) is 5.91 Å². The highest BCUT2D eigenvalue weighted by atomic mass is 32.1. The molecule has 2 fully saturated rings. The second-order valence-corrected chi connectivity index (χ2v) is 9.26. The van der Waals surface area contributed by atoms with E-state index < -0.39 is 12.1 Å². The van der Waals surface area contributed by atoms with Gasteiger partial charge >= 0.3 is 12.1 Å². The van der Waals surface area contributed by atoms with Gasteiger partial charge in [-0.25, -0.2) is 4.79 Å². The van der Waals surface area contributed by atoms with Crippen molar-refractivity contribution in [1.29, 1.82) is 0 Å². The van der Waals surface area contributed by atoms with Crippen LogP contribution in [0.1, 0.15) is 33.8 Å². The number of aromatic nitrogens is 1. The second kappa shape index (κ2) is 9.50. The fraction of sp³-hybridized carbons (Fsp3) is 0.455. The maximum atomic E-state index is 12.8. The number of carboxylic acid groups (broad SMARTS) is 1. The largest absolute Gasteiger partial charge is 0.490 e. The van der Waals surface area contributed by atoms with Crippen molar-refractivity contribution in [3.8, 4) is 0 Å². The number of rotatable bonds is 4. The summed E-state index contributed by atoms with van der Waals surface area (Å²) in [6, 6.07) is 7.73. The predicted molar refractivity (Wildman–Crippen MR) is 115 cm³/mol. The topological polar surface area (TPSA) is 90.8 Å². The number of carbonyl (C=O) groups is 3. The molecule has 0 bridgehead atoms. The number of amides is 2. The molecule has 0 radical (unpaired) electrons. The summed E-state index contributed by atoms with van der Waals surface area (Å²) < 4.78 is 31.7. The predicted octanol–water partition coefficient (Wildman–Crippen LogP) is 3.60. The van der Waals surface area contributed by atoms with Gasteiger partial charge in [0, 0.05) is 37.7 Å². The number of aryl methyl sites for hydroxylation is 1. The summed E-state index contributed by atoms with van der Waals surface area (Å²) in [7, 11) is 1.84. The fourth-order valence-corrected chi connectivity index (χ4v) is 4.92. The Labute approximate surface area is 192 Å². The van der Waals surface area contributed by atoms with Crippen LogP contribution in [0.25, 0.3) is 0 Å². The van der Waals surface area contributed by atoms with Crippen molar-refractivity contribution in [1.82, 2.24) is 14.8 Å². The van der Waals surface area contributed by atoms with Gasteiger partial charge < -0.3 is 14.9 Å². The van der Waals surface area contributed by atoms with Crippen LogP contribution in [0.4, 0.5) is 13.2 Å². The molecule has 7 nitrogen and oxygen atoms in total. The minimum Gasteiger partial charge on any atom is -0.475 e. The van der Waals surface area contributed by atoms with Crippen LogP contribution in [0.3, 0.4) is 0 Å². The summed E-state index contributed by atoms with van der Waals surface area (Å²) in [5.41, 5.74) is 1.94. The van der Waals surface area contributed by atoms with E-state index >= 15 is 0 Å². The number of hydrogen-bond donors (Lipinski definition) is 1. The van der Waals surface area contributed by atoms with Crippen LogP contribution in [-0.4, -0.2) is 64.0 Å². The van der Waals surface area contributed by atoms with Crippen LogP contribution in [0, 0.1) is 18.3 Å². The quantitative estimate of drug-likeness (QED) is 0.718.